The van der Waals surface area contributed by atoms with Crippen molar-refractivity contribution in [3.63, 3.8) is 0 Å². The predicted molar refractivity (Wildman–Crippen MR) is 78.2 cm³/mol. The lowest BCUT2D eigenvalue weighted by Gasteiger charge is -2.14. The van der Waals surface area contributed by atoms with Crippen molar-refractivity contribution in [2.24, 2.45) is 5.92 Å². The van der Waals surface area contributed by atoms with E-state index in [0.717, 1.165) is 15.7 Å². The van der Waals surface area contributed by atoms with E-state index in [1.165, 1.54) is 0 Å². The van der Waals surface area contributed by atoms with Crippen molar-refractivity contribution in [3.05, 3.63) is 27.2 Å². The molecule has 0 saturated heterocycles. The zero-order valence-corrected chi connectivity index (χ0v) is 13.1. The molecule has 0 saturated carbocycles. The lowest BCUT2D eigenvalue weighted by Crippen LogP contribution is -2.22. The number of aryl methyl sites for hydroxylation is 1. The SMILES string of the molecule is CCOC(=O)C(C)CNc1cc(Cl)c(C)cc1Br. The number of hydrogen-bond acceptors (Lipinski definition) is 3. The first-order valence-electron chi connectivity index (χ1n) is 5.81. The molecule has 0 aliphatic heterocycles. The van der Waals surface area contributed by atoms with E-state index in [9.17, 15) is 4.79 Å². The minimum atomic E-state index is -0.197. The van der Waals surface area contributed by atoms with Gasteiger partial charge in [0.25, 0.3) is 0 Å². The summed E-state index contributed by atoms with van der Waals surface area (Å²) in [6, 6.07) is 3.79. The number of benzene rings is 1. The Hall–Kier alpha value is -0.740. The second-order valence-corrected chi connectivity index (χ2v) is 5.38. The van der Waals surface area contributed by atoms with Gasteiger partial charge in [-0.2, -0.15) is 0 Å². The monoisotopic (exact) mass is 333 g/mol. The van der Waals surface area contributed by atoms with Crippen molar-refractivity contribution in [2.45, 2.75) is 20.8 Å². The molecule has 3 nitrogen and oxygen atoms in total. The average Bonchev–Trinajstić information content (AvgIpc) is 2.32. The Morgan fingerprint density at radius 1 is 1.56 bits per heavy atom. The summed E-state index contributed by atoms with van der Waals surface area (Å²) in [5.41, 5.74) is 1.88. The van der Waals surface area contributed by atoms with Gasteiger partial charge in [0.1, 0.15) is 0 Å². The highest BCUT2D eigenvalue weighted by Crippen LogP contribution is 2.29. The summed E-state index contributed by atoms with van der Waals surface area (Å²) in [6.45, 7) is 6.49. The highest BCUT2D eigenvalue weighted by atomic mass is 79.9. The van der Waals surface area contributed by atoms with E-state index in [2.05, 4.69) is 21.2 Å². The van der Waals surface area contributed by atoms with E-state index < -0.39 is 0 Å². The summed E-state index contributed by atoms with van der Waals surface area (Å²) in [5.74, 6) is -0.392. The van der Waals surface area contributed by atoms with Crippen LogP contribution in [-0.4, -0.2) is 19.1 Å². The Balaban J connectivity index is 2.63. The fourth-order valence-corrected chi connectivity index (χ4v) is 2.17. The number of carbonyl (C=O) groups is 1. The molecular formula is C13H17BrClNO2. The molecule has 0 aromatic heterocycles. The Morgan fingerprint density at radius 3 is 2.83 bits per heavy atom. The lowest BCUT2D eigenvalue weighted by atomic mass is 10.1. The molecule has 0 bridgehead atoms. The van der Waals surface area contributed by atoms with Gasteiger partial charge in [0.2, 0.25) is 0 Å². The molecule has 5 heteroatoms. The molecule has 1 N–H and O–H groups in total. The van der Waals surface area contributed by atoms with Gasteiger partial charge in [-0.25, -0.2) is 0 Å². The highest BCUT2D eigenvalue weighted by molar-refractivity contribution is 9.10. The maximum absolute atomic E-state index is 11.5. The smallest absolute Gasteiger partial charge is 0.310 e. The molecule has 0 heterocycles. The number of rotatable bonds is 5. The average molecular weight is 335 g/mol. The molecule has 0 fully saturated rings. The molecule has 18 heavy (non-hydrogen) atoms. The number of ether oxygens (including phenoxy) is 1. The third-order valence-corrected chi connectivity index (χ3v) is 3.60. The van der Waals surface area contributed by atoms with Crippen molar-refractivity contribution in [2.75, 3.05) is 18.5 Å². The highest BCUT2D eigenvalue weighted by Gasteiger charge is 2.14. The summed E-state index contributed by atoms with van der Waals surface area (Å²) in [7, 11) is 0. The number of carbonyl (C=O) groups excluding carboxylic acids is 1. The van der Waals surface area contributed by atoms with Gasteiger partial charge in [0, 0.05) is 21.7 Å². The molecule has 1 rings (SSSR count). The van der Waals surface area contributed by atoms with Crippen molar-refractivity contribution in [1.82, 2.24) is 0 Å². The molecule has 0 radical (unpaired) electrons. The van der Waals surface area contributed by atoms with Crippen LogP contribution in [0.2, 0.25) is 5.02 Å². The van der Waals surface area contributed by atoms with Crippen molar-refractivity contribution >= 4 is 39.2 Å². The van der Waals surface area contributed by atoms with Gasteiger partial charge in [-0.1, -0.05) is 18.5 Å². The van der Waals surface area contributed by atoms with Crippen molar-refractivity contribution in [3.8, 4) is 0 Å². The second-order valence-electron chi connectivity index (χ2n) is 4.12. The largest absolute Gasteiger partial charge is 0.466 e. The fourth-order valence-electron chi connectivity index (χ4n) is 1.41. The van der Waals surface area contributed by atoms with Crippen LogP contribution in [0, 0.1) is 12.8 Å². The summed E-state index contributed by atoms with van der Waals surface area (Å²) in [4.78, 5) is 11.5. The van der Waals surface area contributed by atoms with E-state index in [1.54, 1.807) is 6.92 Å². The topological polar surface area (TPSA) is 38.3 Å². The molecule has 1 aromatic rings. The van der Waals surface area contributed by atoms with Gasteiger partial charge < -0.3 is 10.1 Å². The van der Waals surface area contributed by atoms with E-state index in [4.69, 9.17) is 16.3 Å². The summed E-state index contributed by atoms with van der Waals surface area (Å²) in [6.07, 6.45) is 0. The number of nitrogens with one attached hydrogen (secondary N) is 1. The molecule has 100 valence electrons. The summed E-state index contributed by atoms with van der Waals surface area (Å²) >= 11 is 9.52. The quantitative estimate of drug-likeness (QED) is 0.826. The van der Waals surface area contributed by atoms with Crippen LogP contribution < -0.4 is 5.32 Å². The maximum Gasteiger partial charge on any atom is 0.310 e. The number of esters is 1. The van der Waals surface area contributed by atoms with Crippen LogP contribution in [0.1, 0.15) is 19.4 Å². The van der Waals surface area contributed by atoms with Gasteiger partial charge in [0.05, 0.1) is 12.5 Å². The zero-order chi connectivity index (χ0) is 13.7. The lowest BCUT2D eigenvalue weighted by molar-refractivity contribution is -0.146. The zero-order valence-electron chi connectivity index (χ0n) is 10.7. The first kappa shape index (κ1) is 15.3. The van der Waals surface area contributed by atoms with Crippen LogP contribution in [0.25, 0.3) is 0 Å². The molecule has 1 atom stereocenters. The fraction of sp³-hybridized carbons (Fsp3) is 0.462. The summed E-state index contributed by atoms with van der Waals surface area (Å²) in [5, 5.41) is 3.89. The minimum Gasteiger partial charge on any atom is -0.466 e. The minimum absolute atomic E-state index is 0.195. The number of hydrogen-bond donors (Lipinski definition) is 1. The van der Waals surface area contributed by atoms with Gasteiger partial charge in [-0.05, 0) is 47.5 Å². The molecule has 0 aliphatic carbocycles. The van der Waals surface area contributed by atoms with Crippen molar-refractivity contribution in [1.29, 1.82) is 0 Å². The third kappa shape index (κ3) is 4.18. The van der Waals surface area contributed by atoms with Crippen LogP contribution in [0.3, 0.4) is 0 Å². The Morgan fingerprint density at radius 2 is 2.22 bits per heavy atom. The Kier molecular flexibility index (Phi) is 5.96. The van der Waals surface area contributed by atoms with Gasteiger partial charge in [0.15, 0.2) is 0 Å². The third-order valence-electron chi connectivity index (χ3n) is 2.54. The van der Waals surface area contributed by atoms with E-state index in [1.807, 2.05) is 26.0 Å². The molecule has 0 spiro atoms. The first-order valence-corrected chi connectivity index (χ1v) is 6.99. The number of anilines is 1. The Labute approximate surface area is 121 Å². The van der Waals surface area contributed by atoms with Gasteiger partial charge in [-0.15, -0.1) is 0 Å². The van der Waals surface area contributed by atoms with E-state index in [0.29, 0.717) is 18.2 Å². The van der Waals surface area contributed by atoms with Crippen molar-refractivity contribution < 1.29 is 9.53 Å². The van der Waals surface area contributed by atoms with Crippen LogP contribution in [0.15, 0.2) is 16.6 Å². The molecule has 0 amide bonds. The predicted octanol–water partition coefficient (Wildman–Crippen LogP) is 4.02. The second kappa shape index (κ2) is 7.00. The molecule has 1 unspecified atom stereocenters. The molecular weight excluding hydrogens is 318 g/mol. The van der Waals surface area contributed by atoms with Crippen LogP contribution in [0.5, 0.6) is 0 Å². The Bertz CT molecular complexity index is 437. The van der Waals surface area contributed by atoms with Crippen LogP contribution in [0.4, 0.5) is 5.69 Å². The van der Waals surface area contributed by atoms with E-state index in [-0.39, 0.29) is 11.9 Å². The number of halogens is 2. The van der Waals surface area contributed by atoms with Crippen LogP contribution >= 0.6 is 27.5 Å². The summed E-state index contributed by atoms with van der Waals surface area (Å²) < 4.78 is 5.88. The maximum atomic E-state index is 11.5. The first-order chi connectivity index (χ1) is 8.45. The van der Waals surface area contributed by atoms with Gasteiger partial charge >= 0.3 is 5.97 Å². The molecule has 0 aliphatic rings. The molecule has 1 aromatic carbocycles. The standard InChI is InChI=1S/C13H17BrClNO2/c1-4-18-13(17)9(3)7-16-12-6-11(15)8(2)5-10(12)14/h5-6,9,16H,4,7H2,1-3H3. The normalized spacial score (nSPS) is 12.1. The van der Waals surface area contributed by atoms with E-state index >= 15 is 0 Å². The van der Waals surface area contributed by atoms with Gasteiger partial charge in [-0.3, -0.25) is 4.79 Å². The van der Waals surface area contributed by atoms with Crippen LogP contribution in [-0.2, 0) is 9.53 Å².